The minimum Gasteiger partial charge on any atom is -0.462 e. The fourth-order valence-corrected chi connectivity index (χ4v) is 7.55. The summed E-state index contributed by atoms with van der Waals surface area (Å²) in [6.07, 6.45) is 24.2. The third kappa shape index (κ3) is 28.4. The number of unbranched alkanes of at least 4 members (excludes halogenated alkanes) is 18. The Morgan fingerprint density at radius 1 is 0.673 bits per heavy atom. The van der Waals surface area contributed by atoms with Crippen LogP contribution in [-0.4, -0.2) is 80.5 Å². The molecule has 0 aromatic carbocycles. The number of aliphatic hydroxyl groups excluding tert-OH is 3. The lowest BCUT2D eigenvalue weighted by Gasteiger charge is -2.20. The number of phosphoric ester groups is 1. The average Bonchev–Trinajstić information content (AvgIpc) is 3.40. The lowest BCUT2D eigenvalue weighted by molar-refractivity contribution is -0.161. The van der Waals surface area contributed by atoms with Gasteiger partial charge in [-0.2, -0.15) is 0 Å². The van der Waals surface area contributed by atoms with Crippen molar-refractivity contribution in [2.75, 3.05) is 13.2 Å². The normalized spacial score (nSPS) is 19.8. The van der Waals surface area contributed by atoms with Crippen molar-refractivity contribution in [1.29, 1.82) is 0 Å². The van der Waals surface area contributed by atoms with Crippen molar-refractivity contribution in [3.8, 4) is 0 Å². The van der Waals surface area contributed by atoms with Gasteiger partial charge in [0.1, 0.15) is 12.4 Å². The van der Waals surface area contributed by atoms with Crippen LogP contribution in [0.25, 0.3) is 0 Å². The van der Waals surface area contributed by atoms with Crippen LogP contribution >= 0.6 is 7.82 Å². The second-order valence-electron chi connectivity index (χ2n) is 15.6. The first-order chi connectivity index (χ1) is 26.4. The first-order valence-electron chi connectivity index (χ1n) is 21.7. The zero-order chi connectivity index (χ0) is 40.7. The van der Waals surface area contributed by atoms with Crippen LogP contribution in [0, 0.1) is 11.8 Å². The number of phosphoric acid groups is 1. The Labute approximate surface area is 331 Å². The molecule has 5 N–H and O–H groups in total. The summed E-state index contributed by atoms with van der Waals surface area (Å²) < 4.78 is 26.3. The molecule has 1 aliphatic rings. The zero-order valence-corrected chi connectivity index (χ0v) is 35.1. The molecule has 55 heavy (non-hydrogen) atoms. The Morgan fingerprint density at radius 3 is 1.73 bits per heavy atom. The van der Waals surface area contributed by atoms with Gasteiger partial charge >= 0.3 is 19.8 Å². The second kappa shape index (κ2) is 32.3. The summed E-state index contributed by atoms with van der Waals surface area (Å²) >= 11 is 0. The number of carbonyl (C=O) groups excluding carboxylic acids is 3. The average molecular weight is 805 g/mol. The Morgan fingerprint density at radius 2 is 1.16 bits per heavy atom. The SMILES string of the molecule is CCCCCCCCCCCCCCCCCCC(=O)OC[C@H](COP(=O)(O)O)OC(=O)CCCCC(=O)C[C@@H]1[C@@H](/C=C/[C@@H](O)CCCCC)[C@H](O)C[C@@H]1O. The van der Waals surface area contributed by atoms with Crippen LogP contribution in [0.2, 0.25) is 0 Å². The lowest BCUT2D eigenvalue weighted by Crippen LogP contribution is -2.29. The smallest absolute Gasteiger partial charge is 0.462 e. The molecule has 0 unspecified atom stereocenters. The molecule has 0 heterocycles. The van der Waals surface area contributed by atoms with E-state index in [1.807, 2.05) is 0 Å². The molecule has 1 fully saturated rings. The number of esters is 2. The van der Waals surface area contributed by atoms with Gasteiger partial charge in [-0.1, -0.05) is 142 Å². The van der Waals surface area contributed by atoms with Gasteiger partial charge in [0.2, 0.25) is 0 Å². The predicted molar refractivity (Wildman–Crippen MR) is 214 cm³/mol. The van der Waals surface area contributed by atoms with Gasteiger partial charge in [-0.05, 0) is 25.7 Å². The van der Waals surface area contributed by atoms with E-state index in [4.69, 9.17) is 19.3 Å². The highest BCUT2D eigenvalue weighted by Gasteiger charge is 2.41. The van der Waals surface area contributed by atoms with E-state index in [1.165, 1.54) is 77.0 Å². The molecule has 0 bridgehead atoms. The molecule has 0 amide bonds. The van der Waals surface area contributed by atoms with Crippen LogP contribution < -0.4 is 0 Å². The van der Waals surface area contributed by atoms with Crippen LogP contribution in [0.4, 0.5) is 0 Å². The summed E-state index contributed by atoms with van der Waals surface area (Å²) in [5, 5.41) is 31.2. The number of hydrogen-bond donors (Lipinski definition) is 5. The van der Waals surface area contributed by atoms with E-state index in [9.17, 15) is 34.3 Å². The molecule has 0 saturated heterocycles. The van der Waals surface area contributed by atoms with E-state index in [2.05, 4.69) is 18.4 Å². The van der Waals surface area contributed by atoms with Gasteiger partial charge in [0.25, 0.3) is 0 Å². The molecule has 12 nitrogen and oxygen atoms in total. The van der Waals surface area contributed by atoms with E-state index < -0.39 is 69.2 Å². The molecule has 1 rings (SSSR count). The fraction of sp³-hybridized carbons (Fsp3) is 0.881. The van der Waals surface area contributed by atoms with Crippen molar-refractivity contribution in [2.45, 2.75) is 212 Å². The van der Waals surface area contributed by atoms with E-state index in [1.54, 1.807) is 12.2 Å². The Bertz CT molecular complexity index is 1080. The zero-order valence-electron chi connectivity index (χ0n) is 34.2. The van der Waals surface area contributed by atoms with Crippen molar-refractivity contribution in [2.24, 2.45) is 11.8 Å². The van der Waals surface area contributed by atoms with Gasteiger partial charge < -0.3 is 34.6 Å². The maximum absolute atomic E-state index is 12.8. The van der Waals surface area contributed by atoms with Gasteiger partial charge in [-0.3, -0.25) is 18.9 Å². The first-order valence-corrected chi connectivity index (χ1v) is 23.2. The summed E-state index contributed by atoms with van der Waals surface area (Å²) in [4.78, 5) is 55.9. The van der Waals surface area contributed by atoms with Gasteiger partial charge in [0.15, 0.2) is 6.10 Å². The third-order valence-corrected chi connectivity index (χ3v) is 11.0. The largest absolute Gasteiger partial charge is 0.469 e. The van der Waals surface area contributed by atoms with Gasteiger partial charge in [-0.25, -0.2) is 4.57 Å². The Balaban J connectivity index is 2.29. The molecule has 13 heteroatoms. The molecule has 0 spiro atoms. The fourth-order valence-electron chi connectivity index (χ4n) is 7.19. The van der Waals surface area contributed by atoms with Gasteiger partial charge in [0, 0.05) is 43.9 Å². The highest BCUT2D eigenvalue weighted by molar-refractivity contribution is 7.46. The van der Waals surface area contributed by atoms with Crippen LogP contribution in [0.1, 0.15) is 187 Å². The molecular weight excluding hydrogens is 727 g/mol. The highest BCUT2D eigenvalue weighted by atomic mass is 31.2. The highest BCUT2D eigenvalue weighted by Crippen LogP contribution is 2.37. The van der Waals surface area contributed by atoms with Gasteiger partial charge in [0.05, 0.1) is 24.9 Å². The standard InChI is InChI=1S/C42H77O12P/c1-3-5-7-8-9-10-11-12-13-14-15-16-17-18-19-21-26-41(47)52-32-36(33-53-55(49,50)51)54-42(48)27-23-22-25-35(44)30-38-37(39(45)31-40(38)46)29-28-34(43)24-20-6-4-2/h28-29,34,36-40,43,45-46H,3-27,30-33H2,1-2H3,(H2,49,50,51)/b29-28+/t34-,36+,37+,38+,39+,40-/m0/s1. The van der Waals surface area contributed by atoms with E-state index in [0.29, 0.717) is 25.7 Å². The van der Waals surface area contributed by atoms with Crippen molar-refractivity contribution in [3.05, 3.63) is 12.2 Å². The summed E-state index contributed by atoms with van der Waals surface area (Å²) in [6.45, 7) is 3.28. The summed E-state index contributed by atoms with van der Waals surface area (Å²) in [5.41, 5.74) is 0. The maximum Gasteiger partial charge on any atom is 0.469 e. The van der Waals surface area contributed by atoms with Crippen LogP contribution in [0.3, 0.4) is 0 Å². The summed E-state index contributed by atoms with van der Waals surface area (Å²) in [6, 6.07) is 0. The third-order valence-electron chi connectivity index (χ3n) is 10.5. The van der Waals surface area contributed by atoms with Crippen molar-refractivity contribution in [3.63, 3.8) is 0 Å². The van der Waals surface area contributed by atoms with E-state index in [-0.39, 0.29) is 37.9 Å². The molecule has 0 aromatic heterocycles. The van der Waals surface area contributed by atoms with Crippen molar-refractivity contribution >= 4 is 25.5 Å². The number of Topliss-reactive ketones (excluding diaryl/α,β-unsaturated/α-hetero) is 1. The minimum atomic E-state index is -4.86. The van der Waals surface area contributed by atoms with Crippen LogP contribution in [-0.2, 0) is 32.9 Å². The maximum atomic E-state index is 12.8. The second-order valence-corrected chi connectivity index (χ2v) is 16.9. The molecule has 6 atom stereocenters. The number of rotatable bonds is 36. The Kier molecular flexibility index (Phi) is 30.2. The molecule has 0 aromatic rings. The number of ether oxygens (including phenoxy) is 2. The first kappa shape index (κ1) is 51.4. The lowest BCUT2D eigenvalue weighted by atomic mass is 9.87. The number of ketones is 1. The predicted octanol–water partition coefficient (Wildman–Crippen LogP) is 8.58. The molecule has 322 valence electrons. The Hall–Kier alpha value is -1.66. The summed E-state index contributed by atoms with van der Waals surface area (Å²) in [5.74, 6) is -2.18. The topological polar surface area (TPSA) is 197 Å². The summed E-state index contributed by atoms with van der Waals surface area (Å²) in [7, 11) is -4.86. The minimum absolute atomic E-state index is 0.0657. The molecule has 1 saturated carbocycles. The number of carbonyl (C=O) groups is 3. The van der Waals surface area contributed by atoms with Crippen LogP contribution in [0.15, 0.2) is 12.2 Å². The number of hydrogen-bond acceptors (Lipinski definition) is 10. The molecular formula is C42H77O12P. The van der Waals surface area contributed by atoms with Gasteiger partial charge in [-0.15, -0.1) is 0 Å². The molecule has 0 radical (unpaired) electrons. The van der Waals surface area contributed by atoms with E-state index >= 15 is 0 Å². The van der Waals surface area contributed by atoms with Crippen LogP contribution in [0.5, 0.6) is 0 Å². The quantitative estimate of drug-likeness (QED) is 0.0175. The van der Waals surface area contributed by atoms with E-state index in [0.717, 1.165) is 38.5 Å². The monoisotopic (exact) mass is 805 g/mol. The molecule has 1 aliphatic carbocycles. The number of aliphatic hydroxyl groups is 3. The molecule has 0 aliphatic heterocycles. The van der Waals surface area contributed by atoms with Crippen molar-refractivity contribution < 1.29 is 58.1 Å². The van der Waals surface area contributed by atoms with Crippen molar-refractivity contribution in [1.82, 2.24) is 0 Å².